The van der Waals surface area contributed by atoms with Gasteiger partial charge in [0.15, 0.2) is 0 Å². The number of pyridine rings is 1. The zero-order valence-corrected chi connectivity index (χ0v) is 15.7. The number of rotatable bonds is 3. The summed E-state index contributed by atoms with van der Waals surface area (Å²) in [5, 5.41) is 7.34. The summed E-state index contributed by atoms with van der Waals surface area (Å²) < 4.78 is 2.23. The summed E-state index contributed by atoms with van der Waals surface area (Å²) in [7, 11) is 0. The van der Waals surface area contributed by atoms with Crippen LogP contribution in [-0.2, 0) is 16.1 Å². The van der Waals surface area contributed by atoms with Crippen molar-refractivity contribution in [3.63, 3.8) is 0 Å². The number of benzene rings is 2. The van der Waals surface area contributed by atoms with E-state index in [0.29, 0.717) is 11.5 Å². The Kier molecular flexibility index (Phi) is 4.53. The first-order valence-corrected chi connectivity index (χ1v) is 9.14. The third kappa shape index (κ3) is 3.20. The Morgan fingerprint density at radius 1 is 0.893 bits per heavy atom. The Balaban J connectivity index is 1.60. The van der Waals surface area contributed by atoms with Gasteiger partial charge in [-0.05, 0) is 50.2 Å². The van der Waals surface area contributed by atoms with Crippen molar-refractivity contribution in [1.82, 2.24) is 9.55 Å². The maximum atomic E-state index is 12.3. The molecule has 0 atom stereocenters. The molecular weight excluding hydrogens is 352 g/mol. The molecule has 2 aromatic carbocycles. The molecular formula is C22H20N4O2. The average molecular weight is 372 g/mol. The molecule has 0 aliphatic rings. The third-order valence-corrected chi connectivity index (χ3v) is 4.68. The van der Waals surface area contributed by atoms with Crippen molar-refractivity contribution in [3.8, 4) is 0 Å². The van der Waals surface area contributed by atoms with Gasteiger partial charge in [0.2, 0.25) is 0 Å². The van der Waals surface area contributed by atoms with Gasteiger partial charge in [-0.15, -0.1) is 0 Å². The predicted octanol–water partition coefficient (Wildman–Crippen LogP) is 4.10. The zero-order valence-electron chi connectivity index (χ0n) is 15.7. The summed E-state index contributed by atoms with van der Waals surface area (Å²) in [4.78, 5) is 28.7. The number of nitrogens with zero attached hydrogens (tertiary/aromatic N) is 2. The highest BCUT2D eigenvalue weighted by atomic mass is 16.2. The highest BCUT2D eigenvalue weighted by Gasteiger charge is 2.16. The Bertz CT molecular complexity index is 1210. The molecule has 2 aromatic heterocycles. The Morgan fingerprint density at radius 3 is 2.43 bits per heavy atom. The first kappa shape index (κ1) is 17.7. The van der Waals surface area contributed by atoms with E-state index in [0.717, 1.165) is 34.0 Å². The second-order valence-corrected chi connectivity index (χ2v) is 6.57. The minimum absolute atomic E-state index is 0.349. The molecule has 0 radical (unpaired) electrons. The predicted molar refractivity (Wildman–Crippen MR) is 111 cm³/mol. The maximum Gasteiger partial charge on any atom is 0.315 e. The second kappa shape index (κ2) is 7.15. The van der Waals surface area contributed by atoms with E-state index in [-0.39, 0.29) is 0 Å². The van der Waals surface area contributed by atoms with Crippen molar-refractivity contribution in [3.05, 3.63) is 66.4 Å². The number of nitrogens with one attached hydrogen (secondary N) is 2. The van der Waals surface area contributed by atoms with Crippen molar-refractivity contribution in [2.45, 2.75) is 20.4 Å². The van der Waals surface area contributed by atoms with Crippen LogP contribution in [0.25, 0.3) is 21.8 Å². The molecule has 4 aromatic rings. The molecule has 2 N–H and O–H groups in total. The monoisotopic (exact) mass is 372 g/mol. The van der Waals surface area contributed by atoms with Crippen LogP contribution < -0.4 is 10.6 Å². The molecule has 4 rings (SSSR count). The maximum absolute atomic E-state index is 12.3. The third-order valence-electron chi connectivity index (χ3n) is 4.68. The van der Waals surface area contributed by atoms with Gasteiger partial charge in [-0.25, -0.2) is 4.98 Å². The van der Waals surface area contributed by atoms with Crippen LogP contribution in [0.5, 0.6) is 0 Å². The average Bonchev–Trinajstić information content (AvgIpc) is 3.01. The van der Waals surface area contributed by atoms with Gasteiger partial charge in [0.25, 0.3) is 0 Å². The van der Waals surface area contributed by atoms with Crippen molar-refractivity contribution in [1.29, 1.82) is 0 Å². The fraction of sp³-hybridized carbons (Fsp3) is 0.136. The van der Waals surface area contributed by atoms with Crippen LogP contribution in [-0.4, -0.2) is 21.4 Å². The standard InChI is InChI=1S/C22H20N4O2/c1-3-26-18-9-5-4-8-16(18)17-13-15(11-12-19(17)26)24-21(27)22(28)25-20-10-6-7-14(2)23-20/h4-13H,3H2,1-2H3,(H,24,27)(H,23,25,28). The number of carbonyl (C=O) groups excluding carboxylic acids is 2. The first-order chi connectivity index (χ1) is 13.6. The second-order valence-electron chi connectivity index (χ2n) is 6.57. The molecule has 6 nitrogen and oxygen atoms in total. The van der Waals surface area contributed by atoms with Crippen LogP contribution in [0, 0.1) is 6.92 Å². The minimum atomic E-state index is -0.755. The molecule has 0 fully saturated rings. The molecule has 0 aliphatic carbocycles. The van der Waals surface area contributed by atoms with Crippen LogP contribution in [0.4, 0.5) is 11.5 Å². The highest BCUT2D eigenvalue weighted by Crippen LogP contribution is 2.30. The first-order valence-electron chi connectivity index (χ1n) is 9.14. The van der Waals surface area contributed by atoms with E-state index in [1.807, 2.05) is 43.3 Å². The fourth-order valence-corrected chi connectivity index (χ4v) is 3.45. The van der Waals surface area contributed by atoms with Gasteiger partial charge in [-0.3, -0.25) is 9.59 Å². The van der Waals surface area contributed by atoms with Crippen LogP contribution >= 0.6 is 0 Å². The lowest BCUT2D eigenvalue weighted by Gasteiger charge is -2.07. The van der Waals surface area contributed by atoms with Crippen molar-refractivity contribution >= 4 is 45.1 Å². The quantitative estimate of drug-likeness (QED) is 0.532. The number of para-hydroxylation sites is 1. The SMILES string of the molecule is CCn1c2ccccc2c2cc(NC(=O)C(=O)Nc3cccc(C)n3)ccc21. The normalized spacial score (nSPS) is 10.9. The molecule has 0 aliphatic heterocycles. The number of aromatic nitrogens is 2. The van der Waals surface area contributed by atoms with Crippen LogP contribution in [0.1, 0.15) is 12.6 Å². The van der Waals surface area contributed by atoms with Gasteiger partial charge in [-0.2, -0.15) is 0 Å². The molecule has 6 heteroatoms. The number of amides is 2. The summed E-state index contributed by atoms with van der Waals surface area (Å²) in [5.74, 6) is -1.14. The number of hydrogen-bond donors (Lipinski definition) is 2. The van der Waals surface area contributed by atoms with Gasteiger partial charge >= 0.3 is 11.8 Å². The van der Waals surface area contributed by atoms with E-state index in [9.17, 15) is 9.59 Å². The topological polar surface area (TPSA) is 76.0 Å². The van der Waals surface area contributed by atoms with Gasteiger partial charge in [0.05, 0.1) is 0 Å². The van der Waals surface area contributed by atoms with Crippen molar-refractivity contribution in [2.75, 3.05) is 10.6 Å². The van der Waals surface area contributed by atoms with Crippen molar-refractivity contribution < 1.29 is 9.59 Å². The van der Waals surface area contributed by atoms with Crippen LogP contribution in [0.15, 0.2) is 60.7 Å². The van der Waals surface area contributed by atoms with Gasteiger partial charge in [0, 0.05) is 39.7 Å². The molecule has 0 unspecified atom stereocenters. The van der Waals surface area contributed by atoms with E-state index >= 15 is 0 Å². The molecule has 2 heterocycles. The smallest absolute Gasteiger partial charge is 0.315 e. The summed E-state index contributed by atoms with van der Waals surface area (Å²) in [5.41, 5.74) is 3.57. The number of carbonyl (C=O) groups is 2. The van der Waals surface area contributed by atoms with E-state index < -0.39 is 11.8 Å². The van der Waals surface area contributed by atoms with E-state index in [4.69, 9.17) is 0 Å². The van der Waals surface area contributed by atoms with Gasteiger partial charge in [-0.1, -0.05) is 24.3 Å². The molecule has 28 heavy (non-hydrogen) atoms. The largest absolute Gasteiger partial charge is 0.341 e. The Morgan fingerprint density at radius 2 is 1.64 bits per heavy atom. The summed E-state index contributed by atoms with van der Waals surface area (Å²) in [6, 6.07) is 19.1. The number of anilines is 2. The summed E-state index contributed by atoms with van der Waals surface area (Å²) >= 11 is 0. The lowest BCUT2D eigenvalue weighted by molar-refractivity contribution is -0.133. The van der Waals surface area contributed by atoms with E-state index in [1.54, 1.807) is 12.1 Å². The van der Waals surface area contributed by atoms with Gasteiger partial charge in [0.1, 0.15) is 5.82 Å². The lowest BCUT2D eigenvalue weighted by Crippen LogP contribution is -2.29. The molecule has 0 saturated carbocycles. The summed E-state index contributed by atoms with van der Waals surface area (Å²) in [6.45, 7) is 4.77. The fourth-order valence-electron chi connectivity index (χ4n) is 3.45. The summed E-state index contributed by atoms with van der Waals surface area (Å²) in [6.07, 6.45) is 0. The van der Waals surface area contributed by atoms with Crippen LogP contribution in [0.3, 0.4) is 0 Å². The molecule has 140 valence electrons. The van der Waals surface area contributed by atoms with Crippen molar-refractivity contribution in [2.24, 2.45) is 0 Å². The molecule has 2 amide bonds. The number of hydrogen-bond acceptors (Lipinski definition) is 3. The lowest BCUT2D eigenvalue weighted by atomic mass is 10.1. The van der Waals surface area contributed by atoms with E-state index in [2.05, 4.69) is 39.2 Å². The molecule has 0 spiro atoms. The zero-order chi connectivity index (χ0) is 19.7. The number of aryl methyl sites for hydroxylation is 2. The van der Waals surface area contributed by atoms with Crippen LogP contribution in [0.2, 0.25) is 0 Å². The Hall–Kier alpha value is -3.67. The molecule has 0 bridgehead atoms. The van der Waals surface area contributed by atoms with Gasteiger partial charge < -0.3 is 15.2 Å². The minimum Gasteiger partial charge on any atom is -0.341 e. The van der Waals surface area contributed by atoms with E-state index in [1.165, 1.54) is 0 Å². The highest BCUT2D eigenvalue weighted by molar-refractivity contribution is 6.43. The Labute approximate surface area is 162 Å². The number of fused-ring (bicyclic) bond motifs is 3. The molecule has 0 saturated heterocycles.